The van der Waals surface area contributed by atoms with Crippen molar-refractivity contribution >= 4 is 17.2 Å². The first-order chi connectivity index (χ1) is 13.7. The maximum atomic E-state index is 11.3. The smallest absolute Gasteiger partial charge is 0.220 e. The Labute approximate surface area is 169 Å². The number of likely N-dealkylation sites (tertiary alicyclic amines) is 1. The van der Waals surface area contributed by atoms with Crippen LogP contribution in [0.25, 0.3) is 22.1 Å². The molecule has 6 nitrogen and oxygen atoms in total. The highest BCUT2D eigenvalue weighted by atomic mass is 32.1. The van der Waals surface area contributed by atoms with Crippen molar-refractivity contribution in [3.8, 4) is 22.1 Å². The van der Waals surface area contributed by atoms with Gasteiger partial charge in [0.05, 0.1) is 5.69 Å². The van der Waals surface area contributed by atoms with Crippen LogP contribution in [-0.2, 0) is 11.3 Å². The molecule has 0 bridgehead atoms. The lowest BCUT2D eigenvalue weighted by molar-refractivity contribution is -0.123. The van der Waals surface area contributed by atoms with Gasteiger partial charge in [-0.25, -0.2) is 9.97 Å². The van der Waals surface area contributed by atoms with E-state index in [0.717, 1.165) is 67.5 Å². The minimum Gasteiger partial charge on any atom is -0.369 e. The van der Waals surface area contributed by atoms with Crippen molar-refractivity contribution in [1.82, 2.24) is 19.4 Å². The van der Waals surface area contributed by atoms with Gasteiger partial charge in [-0.1, -0.05) is 30.3 Å². The number of benzene rings is 1. The summed E-state index contributed by atoms with van der Waals surface area (Å²) in [6.07, 6.45) is 6.68. The van der Waals surface area contributed by atoms with Crippen LogP contribution in [-0.4, -0.2) is 45.0 Å². The number of hydrogen-bond donors (Lipinski definition) is 1. The van der Waals surface area contributed by atoms with Gasteiger partial charge in [0.2, 0.25) is 5.91 Å². The molecule has 1 fully saturated rings. The molecule has 0 radical (unpaired) electrons. The summed E-state index contributed by atoms with van der Waals surface area (Å²) < 4.78 is 2.18. The van der Waals surface area contributed by atoms with Gasteiger partial charge in [-0.15, -0.1) is 11.3 Å². The van der Waals surface area contributed by atoms with Crippen LogP contribution < -0.4 is 5.73 Å². The predicted molar refractivity (Wildman–Crippen MR) is 112 cm³/mol. The van der Waals surface area contributed by atoms with Crippen molar-refractivity contribution in [3.63, 3.8) is 0 Å². The summed E-state index contributed by atoms with van der Waals surface area (Å²) in [5.41, 5.74) is 7.54. The van der Waals surface area contributed by atoms with Crippen molar-refractivity contribution in [3.05, 3.63) is 48.1 Å². The number of carbonyl (C=O) groups excluding carboxylic acids is 1. The van der Waals surface area contributed by atoms with Crippen molar-refractivity contribution < 1.29 is 4.79 Å². The standard InChI is InChI=1S/C21H25N5OS/c22-19(27)17-7-12-25(13-8-17)10-4-11-26-14-9-23-20(26)21-24-18(15-28-21)16-5-2-1-3-6-16/h1-3,5-6,9,14-15,17H,4,7-8,10-13H2,(H2,22,27). The lowest BCUT2D eigenvalue weighted by Gasteiger charge is -2.30. The SMILES string of the molecule is NC(=O)C1CCN(CCCn2ccnc2-c2nc(-c3ccccc3)cs2)CC1. The van der Waals surface area contributed by atoms with Gasteiger partial charge in [0, 0.05) is 35.8 Å². The van der Waals surface area contributed by atoms with Crippen LogP contribution in [0.3, 0.4) is 0 Å². The lowest BCUT2D eigenvalue weighted by atomic mass is 9.96. The van der Waals surface area contributed by atoms with Gasteiger partial charge in [0.15, 0.2) is 10.8 Å². The van der Waals surface area contributed by atoms with E-state index in [9.17, 15) is 4.79 Å². The first kappa shape index (κ1) is 18.8. The third kappa shape index (κ3) is 4.31. The molecule has 0 unspecified atom stereocenters. The fraction of sp³-hybridized carbons (Fsp3) is 0.381. The number of nitrogens with zero attached hydrogens (tertiary/aromatic N) is 4. The molecule has 1 aromatic carbocycles. The molecule has 4 rings (SSSR count). The van der Waals surface area contributed by atoms with Gasteiger partial charge in [-0.05, 0) is 38.9 Å². The molecule has 3 aromatic rings. The van der Waals surface area contributed by atoms with E-state index in [-0.39, 0.29) is 11.8 Å². The van der Waals surface area contributed by atoms with Crippen LogP contribution in [0.4, 0.5) is 0 Å². The van der Waals surface area contributed by atoms with Gasteiger partial charge in [0.25, 0.3) is 0 Å². The predicted octanol–water partition coefficient (Wildman–Crippen LogP) is 3.26. The Balaban J connectivity index is 1.34. The third-order valence-corrected chi connectivity index (χ3v) is 6.18. The van der Waals surface area contributed by atoms with Crippen LogP contribution in [0, 0.1) is 5.92 Å². The molecule has 2 N–H and O–H groups in total. The van der Waals surface area contributed by atoms with Crippen molar-refractivity contribution in [2.75, 3.05) is 19.6 Å². The Bertz CT molecular complexity index is 912. The fourth-order valence-electron chi connectivity index (χ4n) is 3.71. The number of primary amides is 1. The van der Waals surface area contributed by atoms with E-state index in [4.69, 9.17) is 10.7 Å². The molecule has 0 spiro atoms. The van der Waals surface area contributed by atoms with Gasteiger partial charge >= 0.3 is 0 Å². The average molecular weight is 396 g/mol. The van der Waals surface area contributed by atoms with E-state index in [1.807, 2.05) is 30.6 Å². The number of nitrogens with two attached hydrogens (primary N) is 1. The number of rotatable bonds is 7. The summed E-state index contributed by atoms with van der Waals surface area (Å²) >= 11 is 1.63. The Hall–Kier alpha value is -2.51. The number of aryl methyl sites for hydroxylation is 1. The Morgan fingerprint density at radius 3 is 2.71 bits per heavy atom. The maximum Gasteiger partial charge on any atom is 0.220 e. The molecular formula is C21H25N5OS. The summed E-state index contributed by atoms with van der Waals surface area (Å²) in [4.78, 5) is 23.0. The molecule has 3 heterocycles. The van der Waals surface area contributed by atoms with Gasteiger partial charge in [0.1, 0.15) is 0 Å². The first-order valence-electron chi connectivity index (χ1n) is 9.75. The summed E-state index contributed by atoms with van der Waals surface area (Å²) in [5, 5.41) is 3.04. The summed E-state index contributed by atoms with van der Waals surface area (Å²) in [5.74, 6) is 0.834. The first-order valence-corrected chi connectivity index (χ1v) is 10.6. The molecule has 2 aromatic heterocycles. The highest BCUT2D eigenvalue weighted by Crippen LogP contribution is 2.28. The number of imidazole rings is 1. The Morgan fingerprint density at radius 2 is 1.96 bits per heavy atom. The van der Waals surface area contributed by atoms with Gasteiger partial charge in [-0.3, -0.25) is 4.79 Å². The molecule has 1 saturated heterocycles. The zero-order valence-electron chi connectivity index (χ0n) is 15.8. The van der Waals surface area contributed by atoms with Crippen LogP contribution in [0.5, 0.6) is 0 Å². The zero-order valence-corrected chi connectivity index (χ0v) is 16.6. The number of amides is 1. The molecule has 146 valence electrons. The normalized spacial score (nSPS) is 15.7. The van der Waals surface area contributed by atoms with Crippen molar-refractivity contribution in [2.24, 2.45) is 11.7 Å². The molecule has 7 heteroatoms. The Morgan fingerprint density at radius 1 is 1.18 bits per heavy atom. The minimum atomic E-state index is -0.152. The fourth-order valence-corrected chi connectivity index (χ4v) is 4.55. The lowest BCUT2D eigenvalue weighted by Crippen LogP contribution is -2.39. The van der Waals surface area contributed by atoms with Crippen LogP contribution in [0.1, 0.15) is 19.3 Å². The number of carbonyl (C=O) groups is 1. The number of aromatic nitrogens is 3. The molecule has 1 aliphatic heterocycles. The van der Waals surface area contributed by atoms with Gasteiger partial charge < -0.3 is 15.2 Å². The molecule has 0 aliphatic carbocycles. The second kappa shape index (κ2) is 8.67. The molecule has 28 heavy (non-hydrogen) atoms. The topological polar surface area (TPSA) is 77.0 Å². The average Bonchev–Trinajstić information content (AvgIpc) is 3.38. The number of hydrogen-bond acceptors (Lipinski definition) is 5. The largest absolute Gasteiger partial charge is 0.369 e. The minimum absolute atomic E-state index is 0.0558. The van der Waals surface area contributed by atoms with E-state index in [0.29, 0.717) is 0 Å². The van der Waals surface area contributed by atoms with E-state index in [1.165, 1.54) is 0 Å². The summed E-state index contributed by atoms with van der Waals surface area (Å²) in [6.45, 7) is 3.84. The molecule has 1 amide bonds. The highest BCUT2D eigenvalue weighted by Gasteiger charge is 2.22. The van der Waals surface area contributed by atoms with E-state index < -0.39 is 0 Å². The van der Waals surface area contributed by atoms with E-state index in [2.05, 4.69) is 32.0 Å². The second-order valence-corrected chi connectivity index (χ2v) is 8.08. The Kier molecular flexibility index (Phi) is 5.83. The molecule has 1 aliphatic rings. The number of thiazole rings is 1. The highest BCUT2D eigenvalue weighted by molar-refractivity contribution is 7.13. The maximum absolute atomic E-state index is 11.3. The van der Waals surface area contributed by atoms with Gasteiger partial charge in [-0.2, -0.15) is 0 Å². The molecule has 0 saturated carbocycles. The van der Waals surface area contributed by atoms with Crippen LogP contribution in [0.15, 0.2) is 48.1 Å². The van der Waals surface area contributed by atoms with E-state index >= 15 is 0 Å². The monoisotopic (exact) mass is 395 g/mol. The van der Waals surface area contributed by atoms with Crippen LogP contribution in [0.2, 0.25) is 0 Å². The molecular weight excluding hydrogens is 370 g/mol. The summed E-state index contributed by atoms with van der Waals surface area (Å²) in [7, 11) is 0. The van der Waals surface area contributed by atoms with E-state index in [1.54, 1.807) is 11.3 Å². The quantitative estimate of drug-likeness (QED) is 0.666. The zero-order chi connectivity index (χ0) is 19.3. The second-order valence-electron chi connectivity index (χ2n) is 7.22. The number of piperidine rings is 1. The third-order valence-electron chi connectivity index (χ3n) is 5.34. The van der Waals surface area contributed by atoms with Crippen molar-refractivity contribution in [2.45, 2.75) is 25.8 Å². The van der Waals surface area contributed by atoms with Crippen LogP contribution >= 0.6 is 11.3 Å². The summed E-state index contributed by atoms with van der Waals surface area (Å²) in [6, 6.07) is 10.2. The van der Waals surface area contributed by atoms with Crippen molar-refractivity contribution in [1.29, 1.82) is 0 Å². The molecule has 0 atom stereocenters.